The zero-order chi connectivity index (χ0) is 12.2. The molecule has 0 radical (unpaired) electrons. The topological polar surface area (TPSA) is 49.3 Å². The van der Waals surface area contributed by atoms with Gasteiger partial charge in [0, 0.05) is 12.1 Å². The van der Waals surface area contributed by atoms with Crippen LogP contribution in [0.5, 0.6) is 0 Å². The third kappa shape index (κ3) is 1.75. The van der Waals surface area contributed by atoms with Gasteiger partial charge in [-0.05, 0) is 48.9 Å². The number of nitrogens with one attached hydrogen (secondary N) is 1. The predicted molar refractivity (Wildman–Crippen MR) is 66.1 cm³/mol. The number of benzene rings is 1. The number of carbonyl (C=O) groups excluding carboxylic acids is 1. The second kappa shape index (κ2) is 3.33. The maximum absolute atomic E-state index is 11.5. The van der Waals surface area contributed by atoms with Crippen LogP contribution in [0.3, 0.4) is 0 Å². The zero-order valence-corrected chi connectivity index (χ0v) is 10.3. The van der Waals surface area contributed by atoms with Crippen molar-refractivity contribution in [2.75, 3.05) is 5.32 Å². The van der Waals surface area contributed by atoms with Crippen molar-refractivity contribution in [3.8, 4) is 0 Å². The zero-order valence-electron chi connectivity index (χ0n) is 10.3. The van der Waals surface area contributed by atoms with Gasteiger partial charge in [-0.1, -0.05) is 6.07 Å². The van der Waals surface area contributed by atoms with Crippen molar-refractivity contribution in [3.63, 3.8) is 0 Å². The van der Waals surface area contributed by atoms with Crippen molar-refractivity contribution in [3.05, 3.63) is 28.3 Å². The molecule has 0 unspecified atom stereocenters. The van der Waals surface area contributed by atoms with Crippen molar-refractivity contribution in [1.82, 2.24) is 0 Å². The van der Waals surface area contributed by atoms with Crippen LogP contribution >= 0.6 is 0 Å². The first-order valence-electron chi connectivity index (χ1n) is 6.13. The van der Waals surface area contributed by atoms with Gasteiger partial charge in [0.1, 0.15) is 0 Å². The van der Waals surface area contributed by atoms with E-state index in [4.69, 9.17) is 0 Å². The molecular weight excluding hydrogens is 214 g/mol. The highest BCUT2D eigenvalue weighted by Gasteiger charge is 2.41. The van der Waals surface area contributed by atoms with Crippen LogP contribution in [0.4, 0.5) is 5.69 Å². The Balaban J connectivity index is 2.09. The molecule has 3 nitrogen and oxygen atoms in total. The summed E-state index contributed by atoms with van der Waals surface area (Å²) in [5.74, 6) is 0.0639. The normalized spacial score (nSPS) is 20.1. The molecule has 1 fully saturated rings. The van der Waals surface area contributed by atoms with Crippen LogP contribution in [-0.4, -0.2) is 16.6 Å². The summed E-state index contributed by atoms with van der Waals surface area (Å²) in [7, 11) is 0. The molecule has 0 atom stereocenters. The summed E-state index contributed by atoms with van der Waals surface area (Å²) in [5, 5.41) is 13.0. The van der Waals surface area contributed by atoms with E-state index in [-0.39, 0.29) is 5.91 Å². The minimum absolute atomic E-state index is 0.0639. The molecular formula is C14H17NO2. The van der Waals surface area contributed by atoms with Crippen molar-refractivity contribution >= 4 is 11.6 Å². The maximum Gasteiger partial charge on any atom is 0.228 e. The van der Waals surface area contributed by atoms with Crippen LogP contribution < -0.4 is 5.32 Å². The molecule has 17 heavy (non-hydrogen) atoms. The quantitative estimate of drug-likeness (QED) is 0.816. The average molecular weight is 231 g/mol. The van der Waals surface area contributed by atoms with E-state index in [1.165, 1.54) is 11.1 Å². The van der Waals surface area contributed by atoms with Crippen LogP contribution in [0.1, 0.15) is 35.1 Å². The minimum atomic E-state index is -0.514. The molecule has 90 valence electrons. The van der Waals surface area contributed by atoms with Gasteiger partial charge < -0.3 is 10.4 Å². The first-order valence-corrected chi connectivity index (χ1v) is 6.13. The van der Waals surface area contributed by atoms with Gasteiger partial charge in [-0.15, -0.1) is 0 Å². The highest BCUT2D eigenvalue weighted by Crippen LogP contribution is 2.42. The molecule has 0 aromatic heterocycles. The van der Waals surface area contributed by atoms with Gasteiger partial charge in [-0.25, -0.2) is 0 Å². The van der Waals surface area contributed by atoms with Gasteiger partial charge >= 0.3 is 0 Å². The molecule has 1 saturated carbocycles. The Bertz CT molecular complexity index is 515. The van der Waals surface area contributed by atoms with E-state index in [0.29, 0.717) is 12.8 Å². The number of anilines is 1. The summed E-state index contributed by atoms with van der Waals surface area (Å²) < 4.78 is 0. The Kier molecular flexibility index (Phi) is 2.11. The predicted octanol–water partition coefficient (Wildman–Crippen LogP) is 1.87. The number of rotatable bonds is 2. The SMILES string of the molecule is Cc1cc2c(c(CC3(O)CC3)c1C)NC(=O)C2. The second-order valence-electron chi connectivity index (χ2n) is 5.46. The summed E-state index contributed by atoms with van der Waals surface area (Å²) >= 11 is 0. The monoisotopic (exact) mass is 231 g/mol. The fraction of sp³-hybridized carbons (Fsp3) is 0.500. The van der Waals surface area contributed by atoms with Gasteiger partial charge in [0.25, 0.3) is 0 Å². The van der Waals surface area contributed by atoms with Gasteiger partial charge in [0.2, 0.25) is 5.91 Å². The Labute approximate surface area is 101 Å². The number of aliphatic hydroxyl groups is 1. The van der Waals surface area contributed by atoms with Crippen LogP contribution in [0.2, 0.25) is 0 Å². The molecule has 1 aliphatic carbocycles. The van der Waals surface area contributed by atoms with Crippen molar-refractivity contribution in [1.29, 1.82) is 0 Å². The lowest BCUT2D eigenvalue weighted by Gasteiger charge is -2.17. The number of fused-ring (bicyclic) bond motifs is 1. The highest BCUT2D eigenvalue weighted by molar-refractivity contribution is 6.00. The first-order chi connectivity index (χ1) is 7.98. The van der Waals surface area contributed by atoms with Crippen molar-refractivity contribution in [2.45, 2.75) is 45.1 Å². The van der Waals surface area contributed by atoms with E-state index in [2.05, 4.69) is 25.2 Å². The lowest BCUT2D eigenvalue weighted by Crippen LogP contribution is -2.14. The van der Waals surface area contributed by atoms with Gasteiger partial charge in [0.05, 0.1) is 12.0 Å². The Hall–Kier alpha value is -1.35. The van der Waals surface area contributed by atoms with E-state index in [1.54, 1.807) is 0 Å². The Morgan fingerprint density at radius 1 is 1.41 bits per heavy atom. The number of hydrogen-bond donors (Lipinski definition) is 2. The summed E-state index contributed by atoms with van der Waals surface area (Å²) in [6.07, 6.45) is 2.90. The minimum Gasteiger partial charge on any atom is -0.390 e. The Morgan fingerprint density at radius 2 is 2.12 bits per heavy atom. The van der Waals surface area contributed by atoms with E-state index in [0.717, 1.165) is 29.7 Å². The lowest BCUT2D eigenvalue weighted by atomic mass is 9.93. The van der Waals surface area contributed by atoms with Crippen LogP contribution in [0.15, 0.2) is 6.07 Å². The molecule has 2 N–H and O–H groups in total. The molecule has 1 aliphatic heterocycles. The molecule has 1 aromatic rings. The summed E-state index contributed by atoms with van der Waals surface area (Å²) in [6.45, 7) is 4.14. The van der Waals surface area contributed by atoms with Crippen LogP contribution in [0.25, 0.3) is 0 Å². The molecule has 1 amide bonds. The van der Waals surface area contributed by atoms with Crippen molar-refractivity contribution < 1.29 is 9.90 Å². The van der Waals surface area contributed by atoms with Crippen LogP contribution in [0, 0.1) is 13.8 Å². The number of carbonyl (C=O) groups is 1. The smallest absolute Gasteiger partial charge is 0.228 e. The molecule has 0 saturated heterocycles. The molecule has 1 aromatic carbocycles. The summed E-state index contributed by atoms with van der Waals surface area (Å²) in [4.78, 5) is 11.5. The number of amides is 1. The third-order valence-electron chi connectivity index (χ3n) is 4.01. The van der Waals surface area contributed by atoms with Crippen molar-refractivity contribution in [2.24, 2.45) is 0 Å². The Morgan fingerprint density at radius 3 is 2.76 bits per heavy atom. The van der Waals surface area contributed by atoms with E-state index in [9.17, 15) is 9.90 Å². The van der Waals surface area contributed by atoms with Crippen LogP contribution in [-0.2, 0) is 17.6 Å². The van der Waals surface area contributed by atoms with Gasteiger partial charge in [-0.3, -0.25) is 4.79 Å². The second-order valence-corrected chi connectivity index (χ2v) is 5.46. The average Bonchev–Trinajstić information content (AvgIpc) is 2.86. The first kappa shape index (κ1) is 10.8. The van der Waals surface area contributed by atoms with E-state index < -0.39 is 5.60 Å². The molecule has 0 spiro atoms. The highest BCUT2D eigenvalue weighted by atomic mass is 16.3. The molecule has 2 aliphatic rings. The molecule has 0 bridgehead atoms. The molecule has 3 heteroatoms. The summed E-state index contributed by atoms with van der Waals surface area (Å²) in [6, 6.07) is 2.09. The fourth-order valence-corrected chi connectivity index (χ4v) is 2.58. The largest absolute Gasteiger partial charge is 0.390 e. The molecule has 3 rings (SSSR count). The standard InChI is InChI=1S/C14H17NO2/c1-8-5-10-6-12(16)15-13(10)11(9(8)2)7-14(17)3-4-14/h5,17H,3-4,6-7H2,1-2H3,(H,15,16). The van der Waals surface area contributed by atoms with Gasteiger partial charge in [-0.2, -0.15) is 0 Å². The molecule has 1 heterocycles. The van der Waals surface area contributed by atoms with E-state index in [1.807, 2.05) is 0 Å². The number of hydrogen-bond acceptors (Lipinski definition) is 2. The van der Waals surface area contributed by atoms with Gasteiger partial charge in [0.15, 0.2) is 0 Å². The number of aryl methyl sites for hydroxylation is 1. The summed E-state index contributed by atoms with van der Waals surface area (Å²) in [5.41, 5.74) is 5.06. The fourth-order valence-electron chi connectivity index (χ4n) is 2.58. The lowest BCUT2D eigenvalue weighted by molar-refractivity contribution is -0.115. The van der Waals surface area contributed by atoms with E-state index >= 15 is 0 Å². The third-order valence-corrected chi connectivity index (χ3v) is 4.01. The maximum atomic E-state index is 11.5.